The van der Waals surface area contributed by atoms with Crippen molar-refractivity contribution in [3.8, 4) is 22.9 Å². The van der Waals surface area contributed by atoms with Crippen molar-refractivity contribution in [2.75, 3.05) is 20.2 Å². The van der Waals surface area contributed by atoms with Gasteiger partial charge in [0.05, 0.1) is 7.11 Å². The van der Waals surface area contributed by atoms with Gasteiger partial charge >= 0.3 is 6.09 Å². The van der Waals surface area contributed by atoms with Crippen molar-refractivity contribution < 1.29 is 18.7 Å². The molecule has 1 N–H and O–H groups in total. The van der Waals surface area contributed by atoms with Crippen molar-refractivity contribution >= 4 is 12.0 Å². The lowest BCUT2D eigenvalue weighted by molar-refractivity contribution is 0.0892. The topological polar surface area (TPSA) is 97.6 Å². The molecule has 4 rings (SSSR count). The Morgan fingerprint density at radius 1 is 1.03 bits per heavy atom. The molecule has 2 aromatic carbocycles. The van der Waals surface area contributed by atoms with E-state index in [1.807, 2.05) is 31.2 Å². The second-order valence-corrected chi connectivity index (χ2v) is 7.51. The van der Waals surface area contributed by atoms with Gasteiger partial charge in [0.25, 0.3) is 5.91 Å². The van der Waals surface area contributed by atoms with Crippen LogP contribution in [0.4, 0.5) is 4.79 Å². The molecule has 8 heteroatoms. The minimum absolute atomic E-state index is 0.0284. The van der Waals surface area contributed by atoms with Gasteiger partial charge in [-0.2, -0.15) is 0 Å². The molecule has 0 radical (unpaired) electrons. The summed E-state index contributed by atoms with van der Waals surface area (Å²) in [5.74, 6) is 0.725. The third-order valence-electron chi connectivity index (χ3n) is 5.46. The molecule has 0 aliphatic carbocycles. The molecule has 2 heterocycles. The van der Waals surface area contributed by atoms with Crippen LogP contribution in [0, 0.1) is 6.92 Å². The summed E-state index contributed by atoms with van der Waals surface area (Å²) in [6, 6.07) is 14.9. The fourth-order valence-electron chi connectivity index (χ4n) is 3.63. The van der Waals surface area contributed by atoms with Gasteiger partial charge in [0.1, 0.15) is 0 Å². The van der Waals surface area contributed by atoms with E-state index in [0.29, 0.717) is 43.3 Å². The molecule has 8 nitrogen and oxygen atoms in total. The Morgan fingerprint density at radius 2 is 1.71 bits per heavy atom. The Morgan fingerprint density at radius 3 is 2.39 bits per heavy atom. The van der Waals surface area contributed by atoms with Crippen LogP contribution in [0.1, 0.15) is 28.8 Å². The Kier molecular flexibility index (Phi) is 5.97. The first-order chi connectivity index (χ1) is 15.0. The van der Waals surface area contributed by atoms with E-state index in [1.54, 1.807) is 29.2 Å². The van der Waals surface area contributed by atoms with Crippen LogP contribution in [0.2, 0.25) is 0 Å². The van der Waals surface area contributed by atoms with Gasteiger partial charge in [-0.1, -0.05) is 18.2 Å². The average Bonchev–Trinajstić information content (AvgIpc) is 3.29. The number of nitrogens with zero attached hydrogens (tertiary/aromatic N) is 3. The van der Waals surface area contributed by atoms with Gasteiger partial charge in [0.2, 0.25) is 11.8 Å². The number of hydrogen-bond acceptors (Lipinski definition) is 6. The number of piperidine rings is 1. The predicted molar refractivity (Wildman–Crippen MR) is 114 cm³/mol. The van der Waals surface area contributed by atoms with Crippen molar-refractivity contribution in [1.29, 1.82) is 0 Å². The minimum Gasteiger partial charge on any atom is -0.453 e. The molecular formula is C23H24N4O4. The molecule has 1 aromatic heterocycles. The molecule has 1 aliphatic rings. The molecule has 1 aliphatic heterocycles. The van der Waals surface area contributed by atoms with Crippen LogP contribution in [-0.2, 0) is 4.74 Å². The Balaban J connectivity index is 1.38. The molecule has 1 fully saturated rings. The van der Waals surface area contributed by atoms with Crippen LogP contribution in [-0.4, -0.2) is 53.3 Å². The summed E-state index contributed by atoms with van der Waals surface area (Å²) in [6.45, 7) is 3.12. The first-order valence-electron chi connectivity index (χ1n) is 10.2. The zero-order chi connectivity index (χ0) is 21.8. The molecule has 31 heavy (non-hydrogen) atoms. The number of carbonyl (C=O) groups is 2. The molecule has 3 aromatic rings. The van der Waals surface area contributed by atoms with E-state index in [-0.39, 0.29) is 18.0 Å². The second kappa shape index (κ2) is 8.99. The number of aromatic nitrogens is 2. The molecule has 1 saturated heterocycles. The number of hydrogen-bond donors (Lipinski definition) is 1. The number of amides is 2. The van der Waals surface area contributed by atoms with Crippen LogP contribution < -0.4 is 5.32 Å². The number of likely N-dealkylation sites (tertiary alicyclic amines) is 1. The lowest BCUT2D eigenvalue weighted by Crippen LogP contribution is -2.46. The van der Waals surface area contributed by atoms with Crippen molar-refractivity contribution in [3.63, 3.8) is 0 Å². The maximum absolute atomic E-state index is 12.6. The fraction of sp³-hybridized carbons (Fsp3) is 0.304. The zero-order valence-corrected chi connectivity index (χ0v) is 17.5. The van der Waals surface area contributed by atoms with E-state index >= 15 is 0 Å². The lowest BCUT2D eigenvalue weighted by Gasteiger charge is -2.31. The Bertz CT molecular complexity index is 1070. The lowest BCUT2D eigenvalue weighted by atomic mass is 10.0. The maximum atomic E-state index is 12.6. The van der Waals surface area contributed by atoms with E-state index in [0.717, 1.165) is 16.7 Å². The van der Waals surface area contributed by atoms with E-state index in [4.69, 9.17) is 9.15 Å². The molecule has 0 unspecified atom stereocenters. The third kappa shape index (κ3) is 4.58. The third-order valence-corrected chi connectivity index (χ3v) is 5.46. The standard InChI is InChI=1S/C23H24N4O4/c1-15-5-3-4-6-19(15)22-26-25-21(31-22)17-9-7-16(8-10-17)20(28)24-18-11-13-27(14-12-18)23(29)30-2/h3-10,18H,11-14H2,1-2H3,(H,24,28). The number of ether oxygens (including phenoxy) is 1. The van der Waals surface area contributed by atoms with Crippen molar-refractivity contribution in [2.45, 2.75) is 25.8 Å². The highest BCUT2D eigenvalue weighted by Crippen LogP contribution is 2.26. The van der Waals surface area contributed by atoms with Gasteiger partial charge in [-0.05, 0) is 55.7 Å². The van der Waals surface area contributed by atoms with Crippen LogP contribution in [0.25, 0.3) is 22.9 Å². The molecule has 0 atom stereocenters. The Hall–Kier alpha value is -3.68. The quantitative estimate of drug-likeness (QED) is 0.692. The number of benzene rings is 2. The predicted octanol–water partition coefficient (Wildman–Crippen LogP) is 3.67. The van der Waals surface area contributed by atoms with E-state index in [2.05, 4.69) is 15.5 Å². The van der Waals surface area contributed by atoms with Gasteiger partial charge in [-0.25, -0.2) is 4.79 Å². The molecule has 0 spiro atoms. The summed E-state index contributed by atoms with van der Waals surface area (Å²) in [5.41, 5.74) is 3.26. The largest absolute Gasteiger partial charge is 0.453 e. The highest BCUT2D eigenvalue weighted by atomic mass is 16.5. The van der Waals surface area contributed by atoms with Gasteiger partial charge in [0.15, 0.2) is 0 Å². The smallest absolute Gasteiger partial charge is 0.409 e. The summed E-state index contributed by atoms with van der Waals surface area (Å²) < 4.78 is 10.6. The van der Waals surface area contributed by atoms with E-state index in [9.17, 15) is 9.59 Å². The molecule has 160 valence electrons. The van der Waals surface area contributed by atoms with Crippen LogP contribution >= 0.6 is 0 Å². The first kappa shape index (κ1) is 20.6. The fourth-order valence-corrected chi connectivity index (χ4v) is 3.63. The number of carbonyl (C=O) groups excluding carboxylic acids is 2. The molecule has 0 saturated carbocycles. The number of rotatable bonds is 4. The first-order valence-corrected chi connectivity index (χ1v) is 10.2. The maximum Gasteiger partial charge on any atom is 0.409 e. The monoisotopic (exact) mass is 420 g/mol. The van der Waals surface area contributed by atoms with Gasteiger partial charge < -0.3 is 19.4 Å². The van der Waals surface area contributed by atoms with Gasteiger partial charge in [0, 0.05) is 35.8 Å². The number of aryl methyl sites for hydroxylation is 1. The van der Waals surface area contributed by atoms with Gasteiger partial charge in [-0.3, -0.25) is 4.79 Å². The highest BCUT2D eigenvalue weighted by Gasteiger charge is 2.24. The van der Waals surface area contributed by atoms with Crippen LogP contribution in [0.3, 0.4) is 0 Å². The van der Waals surface area contributed by atoms with Crippen LogP contribution in [0.15, 0.2) is 52.9 Å². The van der Waals surface area contributed by atoms with E-state index < -0.39 is 0 Å². The molecular weight excluding hydrogens is 396 g/mol. The molecule has 0 bridgehead atoms. The van der Waals surface area contributed by atoms with Crippen molar-refractivity contribution in [3.05, 3.63) is 59.7 Å². The summed E-state index contributed by atoms with van der Waals surface area (Å²) >= 11 is 0. The minimum atomic E-state index is -0.327. The van der Waals surface area contributed by atoms with E-state index in [1.165, 1.54) is 7.11 Å². The SMILES string of the molecule is COC(=O)N1CCC(NC(=O)c2ccc(-c3nnc(-c4ccccc4C)o3)cc2)CC1. The van der Waals surface area contributed by atoms with Crippen molar-refractivity contribution in [2.24, 2.45) is 0 Å². The molecule has 2 amide bonds. The number of methoxy groups -OCH3 is 1. The summed E-state index contributed by atoms with van der Waals surface area (Å²) in [4.78, 5) is 25.8. The summed E-state index contributed by atoms with van der Waals surface area (Å²) in [5, 5.41) is 11.3. The number of nitrogens with one attached hydrogen (secondary N) is 1. The summed E-state index contributed by atoms with van der Waals surface area (Å²) in [7, 11) is 1.37. The van der Waals surface area contributed by atoms with Crippen molar-refractivity contribution in [1.82, 2.24) is 20.4 Å². The summed E-state index contributed by atoms with van der Waals surface area (Å²) in [6.07, 6.45) is 1.07. The van der Waals surface area contributed by atoms with Crippen LogP contribution in [0.5, 0.6) is 0 Å². The zero-order valence-electron chi connectivity index (χ0n) is 17.5. The highest BCUT2D eigenvalue weighted by molar-refractivity contribution is 5.94. The normalized spacial score (nSPS) is 14.3. The van der Waals surface area contributed by atoms with Gasteiger partial charge in [-0.15, -0.1) is 10.2 Å². The Labute approximate surface area is 180 Å². The average molecular weight is 420 g/mol. The second-order valence-electron chi connectivity index (χ2n) is 7.51.